The number of carbonyl (C=O) groups is 1. The van der Waals surface area contributed by atoms with Gasteiger partial charge in [-0.2, -0.15) is 0 Å². The van der Waals surface area contributed by atoms with E-state index in [0.29, 0.717) is 28.8 Å². The largest absolute Gasteiger partial charge is 0.393 e. The molecule has 1 aromatic rings. The summed E-state index contributed by atoms with van der Waals surface area (Å²) >= 11 is 9.46. The maximum absolute atomic E-state index is 12.3. The third-order valence-corrected chi connectivity index (χ3v) is 5.59. The van der Waals surface area contributed by atoms with Crippen molar-refractivity contribution in [3.8, 4) is 0 Å². The first kappa shape index (κ1) is 15.5. The van der Waals surface area contributed by atoms with Gasteiger partial charge in [0.05, 0.1) is 11.1 Å². The molecule has 0 spiro atoms. The molecule has 0 bridgehead atoms. The van der Waals surface area contributed by atoms with Gasteiger partial charge in [-0.15, -0.1) is 0 Å². The summed E-state index contributed by atoms with van der Waals surface area (Å²) in [7, 11) is 0. The van der Waals surface area contributed by atoms with E-state index in [-0.39, 0.29) is 11.9 Å². The number of rotatable bonds is 4. The van der Waals surface area contributed by atoms with Gasteiger partial charge in [0.2, 0.25) is 0 Å². The van der Waals surface area contributed by atoms with Gasteiger partial charge in [-0.3, -0.25) is 4.79 Å². The SMILES string of the molecule is O=C(CCN1CC2CCC(O)C2C1)c1ccc(Br)cc1Cl. The molecule has 3 nitrogen and oxygen atoms in total. The molecule has 2 fully saturated rings. The number of carbonyl (C=O) groups excluding carboxylic acids is 1. The van der Waals surface area contributed by atoms with E-state index in [0.717, 1.165) is 36.9 Å². The van der Waals surface area contributed by atoms with Crippen molar-refractivity contribution in [1.29, 1.82) is 0 Å². The van der Waals surface area contributed by atoms with Crippen molar-refractivity contribution in [2.45, 2.75) is 25.4 Å². The second-order valence-corrected chi connectivity index (χ2v) is 7.45. The van der Waals surface area contributed by atoms with Crippen LogP contribution in [0.4, 0.5) is 0 Å². The normalized spacial score (nSPS) is 28.8. The molecule has 0 amide bonds. The summed E-state index contributed by atoms with van der Waals surface area (Å²) < 4.78 is 0.880. The summed E-state index contributed by atoms with van der Waals surface area (Å²) in [5, 5.41) is 10.4. The van der Waals surface area contributed by atoms with Crippen LogP contribution < -0.4 is 0 Å². The monoisotopic (exact) mass is 371 g/mol. The van der Waals surface area contributed by atoms with Crippen molar-refractivity contribution in [2.75, 3.05) is 19.6 Å². The molecule has 0 radical (unpaired) electrons. The number of benzene rings is 1. The molecule has 3 rings (SSSR count). The lowest BCUT2D eigenvalue weighted by Gasteiger charge is -2.17. The van der Waals surface area contributed by atoms with Crippen molar-refractivity contribution in [2.24, 2.45) is 11.8 Å². The molecule has 1 aliphatic carbocycles. The molecule has 1 aromatic carbocycles. The van der Waals surface area contributed by atoms with Gasteiger partial charge >= 0.3 is 0 Å². The van der Waals surface area contributed by atoms with Crippen LogP contribution in [0, 0.1) is 11.8 Å². The summed E-state index contributed by atoms with van der Waals surface area (Å²) in [6.45, 7) is 2.70. The predicted octanol–water partition coefficient (Wildman–Crippen LogP) is 3.38. The molecule has 5 heteroatoms. The van der Waals surface area contributed by atoms with E-state index in [4.69, 9.17) is 11.6 Å². The van der Waals surface area contributed by atoms with E-state index < -0.39 is 0 Å². The fourth-order valence-electron chi connectivity index (χ4n) is 3.62. The van der Waals surface area contributed by atoms with Crippen LogP contribution in [0.15, 0.2) is 22.7 Å². The van der Waals surface area contributed by atoms with Gasteiger partial charge < -0.3 is 10.0 Å². The van der Waals surface area contributed by atoms with Crippen molar-refractivity contribution in [3.05, 3.63) is 33.3 Å². The molecule has 1 heterocycles. The molecule has 1 aliphatic heterocycles. The standard InChI is InChI=1S/C16H19BrClNO2/c17-11-2-3-12(14(18)7-11)16(21)5-6-19-8-10-1-4-15(20)13(10)9-19/h2-3,7,10,13,15,20H,1,4-6,8-9H2. The van der Waals surface area contributed by atoms with Crippen LogP contribution in [0.25, 0.3) is 0 Å². The minimum atomic E-state index is -0.142. The van der Waals surface area contributed by atoms with Crippen LogP contribution in [0.5, 0.6) is 0 Å². The Hall–Kier alpha value is -0.420. The molecule has 1 saturated carbocycles. The van der Waals surface area contributed by atoms with Crippen LogP contribution in [-0.2, 0) is 0 Å². The van der Waals surface area contributed by atoms with Gasteiger partial charge in [0.15, 0.2) is 5.78 Å². The first-order chi connectivity index (χ1) is 10.0. The molecule has 2 aliphatic rings. The maximum Gasteiger partial charge on any atom is 0.165 e. The molecular weight excluding hydrogens is 354 g/mol. The number of likely N-dealkylation sites (tertiary alicyclic amines) is 1. The third kappa shape index (κ3) is 3.34. The van der Waals surface area contributed by atoms with Gasteiger partial charge in [-0.25, -0.2) is 0 Å². The van der Waals surface area contributed by atoms with Crippen molar-refractivity contribution >= 4 is 33.3 Å². The lowest BCUT2D eigenvalue weighted by molar-refractivity contribution is 0.0961. The Balaban J connectivity index is 1.55. The maximum atomic E-state index is 12.3. The summed E-state index contributed by atoms with van der Waals surface area (Å²) in [6.07, 6.45) is 2.40. The second-order valence-electron chi connectivity index (χ2n) is 6.13. The molecule has 0 aromatic heterocycles. The van der Waals surface area contributed by atoms with Crippen LogP contribution in [0.3, 0.4) is 0 Å². The average Bonchev–Trinajstić information content (AvgIpc) is 2.98. The van der Waals surface area contributed by atoms with Crippen LogP contribution in [0.1, 0.15) is 29.6 Å². The Morgan fingerprint density at radius 1 is 1.38 bits per heavy atom. The number of nitrogens with zero attached hydrogens (tertiary/aromatic N) is 1. The molecule has 3 unspecified atom stereocenters. The van der Waals surface area contributed by atoms with Gasteiger partial charge in [-0.1, -0.05) is 27.5 Å². The highest BCUT2D eigenvalue weighted by molar-refractivity contribution is 9.10. The van der Waals surface area contributed by atoms with Gasteiger partial charge in [0, 0.05) is 42.0 Å². The van der Waals surface area contributed by atoms with E-state index in [9.17, 15) is 9.90 Å². The Morgan fingerprint density at radius 2 is 2.19 bits per heavy atom. The number of aliphatic hydroxyl groups is 1. The van der Waals surface area contributed by atoms with E-state index in [2.05, 4.69) is 20.8 Å². The number of hydrogen-bond acceptors (Lipinski definition) is 3. The molecule has 1 saturated heterocycles. The topological polar surface area (TPSA) is 40.5 Å². The Labute approximate surface area is 138 Å². The van der Waals surface area contributed by atoms with Crippen LogP contribution >= 0.6 is 27.5 Å². The summed E-state index contributed by atoms with van der Waals surface area (Å²) in [6, 6.07) is 5.37. The first-order valence-electron chi connectivity index (χ1n) is 7.43. The van der Waals surface area contributed by atoms with Crippen molar-refractivity contribution in [3.63, 3.8) is 0 Å². The highest BCUT2D eigenvalue weighted by Gasteiger charge is 2.41. The number of fused-ring (bicyclic) bond motifs is 1. The zero-order valence-electron chi connectivity index (χ0n) is 11.8. The van der Waals surface area contributed by atoms with Gasteiger partial charge in [0.1, 0.15) is 0 Å². The van der Waals surface area contributed by atoms with Gasteiger partial charge in [-0.05, 0) is 37.0 Å². The van der Waals surface area contributed by atoms with E-state index in [1.54, 1.807) is 12.1 Å². The lowest BCUT2D eigenvalue weighted by Crippen LogP contribution is -2.27. The van der Waals surface area contributed by atoms with Crippen molar-refractivity contribution < 1.29 is 9.90 Å². The van der Waals surface area contributed by atoms with Crippen LogP contribution in [0.2, 0.25) is 5.02 Å². The number of Topliss-reactive ketones (excluding diaryl/α,β-unsaturated/α-hetero) is 1. The quantitative estimate of drug-likeness (QED) is 0.824. The average molecular weight is 373 g/mol. The highest BCUT2D eigenvalue weighted by Crippen LogP contribution is 2.38. The Bertz CT molecular complexity index is 551. The molecule has 21 heavy (non-hydrogen) atoms. The second kappa shape index (κ2) is 6.37. The number of hydrogen-bond donors (Lipinski definition) is 1. The summed E-state index contributed by atoms with van der Waals surface area (Å²) in [4.78, 5) is 14.6. The third-order valence-electron chi connectivity index (χ3n) is 4.78. The van der Waals surface area contributed by atoms with Gasteiger partial charge in [0.25, 0.3) is 0 Å². The fourth-order valence-corrected chi connectivity index (χ4v) is 4.40. The van der Waals surface area contributed by atoms with Crippen molar-refractivity contribution in [1.82, 2.24) is 4.90 Å². The Morgan fingerprint density at radius 3 is 2.90 bits per heavy atom. The van der Waals surface area contributed by atoms with E-state index >= 15 is 0 Å². The molecule has 114 valence electrons. The van der Waals surface area contributed by atoms with Crippen LogP contribution in [-0.4, -0.2) is 41.5 Å². The molecule has 3 atom stereocenters. The Kier molecular flexibility index (Phi) is 4.69. The number of halogens is 2. The first-order valence-corrected chi connectivity index (χ1v) is 8.60. The summed E-state index contributed by atoms with van der Waals surface area (Å²) in [5.41, 5.74) is 0.597. The molecule has 1 N–H and O–H groups in total. The van der Waals surface area contributed by atoms with E-state index in [1.165, 1.54) is 0 Å². The zero-order chi connectivity index (χ0) is 15.0. The zero-order valence-corrected chi connectivity index (χ0v) is 14.1. The molecular formula is C16H19BrClNO2. The minimum absolute atomic E-state index is 0.0881. The predicted molar refractivity (Wildman–Crippen MR) is 86.8 cm³/mol. The van der Waals surface area contributed by atoms with E-state index in [1.807, 2.05) is 6.07 Å². The number of ketones is 1. The minimum Gasteiger partial charge on any atom is -0.393 e. The summed E-state index contributed by atoms with van der Waals surface area (Å²) in [5.74, 6) is 1.12. The fraction of sp³-hybridized carbons (Fsp3) is 0.562. The number of aliphatic hydroxyl groups excluding tert-OH is 1. The smallest absolute Gasteiger partial charge is 0.165 e. The lowest BCUT2D eigenvalue weighted by atomic mass is 10.00. The highest BCUT2D eigenvalue weighted by atomic mass is 79.9.